The fourth-order valence-corrected chi connectivity index (χ4v) is 3.69. The third-order valence-electron chi connectivity index (χ3n) is 4.10. The van der Waals surface area contributed by atoms with Crippen LogP contribution in [-0.2, 0) is 9.59 Å². The Morgan fingerprint density at radius 1 is 1.32 bits per heavy atom. The number of nitrogens with one attached hydrogen (secondary N) is 1. The average molecular weight is 359 g/mol. The van der Waals surface area contributed by atoms with Gasteiger partial charge in [0.2, 0.25) is 11.8 Å². The Kier molecular flexibility index (Phi) is 5.45. The zero-order valence-electron chi connectivity index (χ0n) is 14.3. The van der Waals surface area contributed by atoms with E-state index < -0.39 is 0 Å². The zero-order chi connectivity index (χ0) is 17.8. The van der Waals surface area contributed by atoms with Crippen LogP contribution in [-0.4, -0.2) is 49.7 Å². The Morgan fingerprint density at radius 3 is 2.84 bits per heavy atom. The maximum atomic E-state index is 12.4. The van der Waals surface area contributed by atoms with Crippen LogP contribution in [0.3, 0.4) is 0 Å². The molecule has 0 saturated heterocycles. The number of thioether (sulfide) groups is 1. The summed E-state index contributed by atoms with van der Waals surface area (Å²) in [6, 6.07) is 11.3. The lowest BCUT2D eigenvalue weighted by Crippen LogP contribution is -2.44. The molecule has 1 unspecified atom stereocenters. The van der Waals surface area contributed by atoms with Crippen molar-refractivity contribution < 1.29 is 14.0 Å². The second-order valence-corrected chi connectivity index (χ2v) is 7.05. The van der Waals surface area contributed by atoms with Crippen LogP contribution < -0.4 is 10.2 Å². The minimum atomic E-state index is -0.187. The number of rotatable bonds is 6. The summed E-state index contributed by atoms with van der Waals surface area (Å²) in [6.07, 6.45) is 1.62. The van der Waals surface area contributed by atoms with Gasteiger partial charge >= 0.3 is 0 Å². The van der Waals surface area contributed by atoms with Gasteiger partial charge in [-0.1, -0.05) is 12.1 Å². The summed E-state index contributed by atoms with van der Waals surface area (Å²) in [5.74, 6) is 0.917. The molecule has 0 radical (unpaired) electrons. The molecule has 2 heterocycles. The first-order valence-electron chi connectivity index (χ1n) is 8.05. The van der Waals surface area contributed by atoms with E-state index in [4.69, 9.17) is 4.42 Å². The molecule has 1 aliphatic rings. The van der Waals surface area contributed by atoms with Gasteiger partial charge in [0.25, 0.3) is 0 Å². The molecule has 0 spiro atoms. The van der Waals surface area contributed by atoms with Crippen LogP contribution in [0.2, 0.25) is 0 Å². The molecule has 2 aromatic rings. The molecule has 6 nitrogen and oxygen atoms in total. The number of hydrogen-bond acceptors (Lipinski definition) is 5. The second-order valence-electron chi connectivity index (χ2n) is 6.04. The van der Waals surface area contributed by atoms with Crippen molar-refractivity contribution in [2.75, 3.05) is 37.8 Å². The number of carbonyl (C=O) groups is 2. The second kappa shape index (κ2) is 7.76. The van der Waals surface area contributed by atoms with Crippen molar-refractivity contribution in [3.05, 3.63) is 48.4 Å². The van der Waals surface area contributed by atoms with Crippen molar-refractivity contribution in [1.82, 2.24) is 10.2 Å². The summed E-state index contributed by atoms with van der Waals surface area (Å²) in [6.45, 7) is 0.437. The average Bonchev–Trinajstić information content (AvgIpc) is 3.11. The van der Waals surface area contributed by atoms with Crippen LogP contribution in [0.1, 0.15) is 11.8 Å². The molecular formula is C18H21N3O3S. The number of amides is 2. The van der Waals surface area contributed by atoms with Crippen molar-refractivity contribution in [2.24, 2.45) is 0 Å². The minimum absolute atomic E-state index is 0.0225. The molecule has 0 bridgehead atoms. The number of hydrogen-bond donors (Lipinski definition) is 1. The largest absolute Gasteiger partial charge is 0.468 e. The fraction of sp³-hybridized carbons (Fsp3) is 0.333. The number of para-hydroxylation sites is 1. The van der Waals surface area contributed by atoms with Gasteiger partial charge in [0.1, 0.15) is 12.3 Å². The fourth-order valence-electron chi connectivity index (χ4n) is 2.76. The lowest BCUT2D eigenvalue weighted by Gasteiger charge is -2.29. The Labute approximate surface area is 151 Å². The molecule has 25 heavy (non-hydrogen) atoms. The maximum absolute atomic E-state index is 12.4. The van der Waals surface area contributed by atoms with Crippen molar-refractivity contribution in [3.63, 3.8) is 0 Å². The molecule has 1 aromatic carbocycles. The predicted molar refractivity (Wildman–Crippen MR) is 97.7 cm³/mol. The van der Waals surface area contributed by atoms with Crippen molar-refractivity contribution >= 4 is 29.3 Å². The van der Waals surface area contributed by atoms with Crippen LogP contribution in [0.4, 0.5) is 5.69 Å². The minimum Gasteiger partial charge on any atom is -0.468 e. The Morgan fingerprint density at radius 2 is 2.12 bits per heavy atom. The molecule has 1 aliphatic heterocycles. The van der Waals surface area contributed by atoms with Crippen LogP contribution in [0.15, 0.2) is 52.0 Å². The summed E-state index contributed by atoms with van der Waals surface area (Å²) < 4.78 is 5.44. The highest BCUT2D eigenvalue weighted by Crippen LogP contribution is 2.34. The SMILES string of the molecule is CN(C)C(CNC(=O)CN1C(=O)CSc2ccccc21)c1ccco1. The van der Waals surface area contributed by atoms with E-state index in [1.165, 1.54) is 11.8 Å². The number of anilines is 1. The van der Waals surface area contributed by atoms with Crippen molar-refractivity contribution in [1.29, 1.82) is 0 Å². The molecule has 132 valence electrons. The lowest BCUT2D eigenvalue weighted by molar-refractivity contribution is -0.123. The number of nitrogens with zero attached hydrogens (tertiary/aromatic N) is 2. The van der Waals surface area contributed by atoms with E-state index in [-0.39, 0.29) is 24.4 Å². The molecule has 0 saturated carbocycles. The first-order valence-corrected chi connectivity index (χ1v) is 9.03. The molecule has 1 N–H and O–H groups in total. The number of benzene rings is 1. The van der Waals surface area contributed by atoms with E-state index in [0.29, 0.717) is 12.3 Å². The molecule has 1 atom stereocenters. The summed E-state index contributed by atoms with van der Waals surface area (Å²) in [5, 5.41) is 2.91. The third-order valence-corrected chi connectivity index (χ3v) is 5.15. The molecule has 0 fully saturated rings. The van der Waals surface area contributed by atoms with Gasteiger partial charge in [0, 0.05) is 11.4 Å². The van der Waals surface area contributed by atoms with Gasteiger partial charge < -0.3 is 14.6 Å². The monoisotopic (exact) mass is 359 g/mol. The first kappa shape index (κ1) is 17.6. The van der Waals surface area contributed by atoms with Gasteiger partial charge in [-0.3, -0.25) is 14.5 Å². The van der Waals surface area contributed by atoms with Crippen molar-refractivity contribution in [3.8, 4) is 0 Å². The van der Waals surface area contributed by atoms with E-state index in [1.807, 2.05) is 55.4 Å². The number of furan rings is 1. The Balaban J connectivity index is 1.64. The quantitative estimate of drug-likeness (QED) is 0.856. The van der Waals surface area contributed by atoms with E-state index >= 15 is 0 Å². The Bertz CT molecular complexity index is 746. The molecule has 0 aliphatic carbocycles. The topological polar surface area (TPSA) is 65.8 Å². The highest BCUT2D eigenvalue weighted by Gasteiger charge is 2.26. The van der Waals surface area contributed by atoms with Gasteiger partial charge in [-0.2, -0.15) is 0 Å². The summed E-state index contributed by atoms with van der Waals surface area (Å²) in [7, 11) is 3.86. The highest BCUT2D eigenvalue weighted by atomic mass is 32.2. The Hall–Kier alpha value is -2.25. The number of likely N-dealkylation sites (N-methyl/N-ethyl adjacent to an activating group) is 1. The van der Waals surface area contributed by atoms with Crippen LogP contribution in [0, 0.1) is 0 Å². The van der Waals surface area contributed by atoms with Crippen LogP contribution in [0.5, 0.6) is 0 Å². The van der Waals surface area contributed by atoms with Gasteiger partial charge in [-0.05, 0) is 38.4 Å². The van der Waals surface area contributed by atoms with Gasteiger partial charge in [-0.15, -0.1) is 11.8 Å². The summed E-state index contributed by atoms with van der Waals surface area (Å²) in [5.41, 5.74) is 0.800. The molecule has 7 heteroatoms. The third kappa shape index (κ3) is 4.05. The summed E-state index contributed by atoms with van der Waals surface area (Å²) >= 11 is 1.51. The van der Waals surface area contributed by atoms with E-state index in [1.54, 1.807) is 11.2 Å². The van der Waals surface area contributed by atoms with Crippen LogP contribution >= 0.6 is 11.8 Å². The molecular weight excluding hydrogens is 338 g/mol. The van der Waals surface area contributed by atoms with E-state index in [0.717, 1.165) is 16.3 Å². The van der Waals surface area contributed by atoms with E-state index in [9.17, 15) is 9.59 Å². The standard InChI is InChI=1S/C18H21N3O3S/c1-20(2)14(15-7-5-9-24-15)10-19-17(22)11-21-13-6-3-4-8-16(13)25-12-18(21)23/h3-9,14H,10-12H2,1-2H3,(H,19,22). The first-order chi connectivity index (χ1) is 12.1. The van der Waals surface area contributed by atoms with Gasteiger partial charge in [0.05, 0.1) is 23.7 Å². The van der Waals surface area contributed by atoms with Gasteiger partial charge in [-0.25, -0.2) is 0 Å². The summed E-state index contributed by atoms with van der Waals surface area (Å²) in [4.78, 5) is 29.2. The normalized spacial score (nSPS) is 15.2. The predicted octanol–water partition coefficient (Wildman–Crippen LogP) is 2.14. The van der Waals surface area contributed by atoms with Crippen molar-refractivity contribution in [2.45, 2.75) is 10.9 Å². The highest BCUT2D eigenvalue weighted by molar-refractivity contribution is 8.00. The smallest absolute Gasteiger partial charge is 0.240 e. The lowest BCUT2D eigenvalue weighted by atomic mass is 10.2. The zero-order valence-corrected chi connectivity index (χ0v) is 15.1. The molecule has 3 rings (SSSR count). The van der Waals surface area contributed by atoms with Gasteiger partial charge in [0.15, 0.2) is 0 Å². The van der Waals surface area contributed by atoms with E-state index in [2.05, 4.69) is 5.32 Å². The number of carbonyl (C=O) groups excluding carboxylic acids is 2. The molecule has 1 aromatic heterocycles. The molecule has 2 amide bonds. The maximum Gasteiger partial charge on any atom is 0.240 e. The van der Waals surface area contributed by atoms with Crippen LogP contribution in [0.25, 0.3) is 0 Å². The number of fused-ring (bicyclic) bond motifs is 1.